The SMILES string of the molecule is COc1cc(C(=O)Oc2ccc(C(C)=O)cc2)cc(OC)c1OCC(N)=O. The molecule has 0 aliphatic carbocycles. The van der Waals surface area contributed by atoms with Gasteiger partial charge in [0.25, 0.3) is 5.91 Å². The van der Waals surface area contributed by atoms with Crippen LogP contribution < -0.4 is 24.7 Å². The fraction of sp³-hybridized carbons (Fsp3) is 0.211. The number of ether oxygens (including phenoxy) is 4. The van der Waals surface area contributed by atoms with E-state index in [4.69, 9.17) is 24.7 Å². The molecule has 8 heteroatoms. The highest BCUT2D eigenvalue weighted by atomic mass is 16.5. The summed E-state index contributed by atoms with van der Waals surface area (Å²) >= 11 is 0. The van der Waals surface area contributed by atoms with Gasteiger partial charge in [-0.15, -0.1) is 0 Å². The van der Waals surface area contributed by atoms with Crippen LogP contribution in [0.2, 0.25) is 0 Å². The molecular weight excluding hydrogens is 354 g/mol. The van der Waals surface area contributed by atoms with E-state index in [1.165, 1.54) is 45.4 Å². The molecule has 0 aromatic heterocycles. The fourth-order valence-corrected chi connectivity index (χ4v) is 2.21. The number of hydrogen-bond donors (Lipinski definition) is 1. The molecule has 142 valence electrons. The van der Waals surface area contributed by atoms with Crippen molar-refractivity contribution in [1.82, 2.24) is 0 Å². The zero-order valence-corrected chi connectivity index (χ0v) is 15.1. The van der Waals surface area contributed by atoms with E-state index >= 15 is 0 Å². The topological polar surface area (TPSA) is 114 Å². The minimum atomic E-state index is -0.670. The van der Waals surface area contributed by atoms with Crippen molar-refractivity contribution in [1.29, 1.82) is 0 Å². The highest BCUT2D eigenvalue weighted by Gasteiger charge is 2.19. The van der Waals surface area contributed by atoms with Gasteiger partial charge >= 0.3 is 5.97 Å². The molecule has 0 radical (unpaired) electrons. The van der Waals surface area contributed by atoms with Crippen LogP contribution in [-0.2, 0) is 4.79 Å². The summed E-state index contributed by atoms with van der Waals surface area (Å²) in [6.07, 6.45) is 0. The van der Waals surface area contributed by atoms with Crippen LogP contribution in [0.25, 0.3) is 0 Å². The number of benzene rings is 2. The van der Waals surface area contributed by atoms with Gasteiger partial charge in [0, 0.05) is 5.56 Å². The fourth-order valence-electron chi connectivity index (χ4n) is 2.21. The van der Waals surface area contributed by atoms with Crippen molar-refractivity contribution in [3.05, 3.63) is 47.5 Å². The smallest absolute Gasteiger partial charge is 0.343 e. The highest BCUT2D eigenvalue weighted by Crippen LogP contribution is 2.38. The van der Waals surface area contributed by atoms with Gasteiger partial charge in [0.15, 0.2) is 23.9 Å². The number of rotatable bonds is 8. The van der Waals surface area contributed by atoms with E-state index in [2.05, 4.69) is 0 Å². The average Bonchev–Trinajstić information content (AvgIpc) is 2.65. The van der Waals surface area contributed by atoms with E-state index in [9.17, 15) is 14.4 Å². The molecule has 0 atom stereocenters. The van der Waals surface area contributed by atoms with Gasteiger partial charge in [0.05, 0.1) is 19.8 Å². The van der Waals surface area contributed by atoms with Crippen LogP contribution >= 0.6 is 0 Å². The highest BCUT2D eigenvalue weighted by molar-refractivity contribution is 5.95. The van der Waals surface area contributed by atoms with Gasteiger partial charge in [-0.25, -0.2) is 4.79 Å². The Labute approximate surface area is 155 Å². The molecule has 2 rings (SSSR count). The third kappa shape index (κ3) is 4.97. The molecule has 2 aromatic rings. The first-order valence-corrected chi connectivity index (χ1v) is 7.86. The molecule has 1 amide bonds. The number of ketones is 1. The molecule has 0 spiro atoms. The van der Waals surface area contributed by atoms with Crippen LogP contribution in [0.3, 0.4) is 0 Å². The maximum Gasteiger partial charge on any atom is 0.343 e. The van der Waals surface area contributed by atoms with E-state index < -0.39 is 11.9 Å². The van der Waals surface area contributed by atoms with Crippen molar-refractivity contribution in [2.45, 2.75) is 6.92 Å². The van der Waals surface area contributed by atoms with Crippen molar-refractivity contribution in [3.8, 4) is 23.0 Å². The molecule has 0 aliphatic rings. The summed E-state index contributed by atoms with van der Waals surface area (Å²) in [6, 6.07) is 8.96. The number of hydrogen-bond acceptors (Lipinski definition) is 7. The second-order valence-electron chi connectivity index (χ2n) is 5.43. The average molecular weight is 373 g/mol. The van der Waals surface area contributed by atoms with Crippen LogP contribution in [0.4, 0.5) is 0 Å². The van der Waals surface area contributed by atoms with E-state index in [0.29, 0.717) is 5.56 Å². The summed E-state index contributed by atoms with van der Waals surface area (Å²) in [5, 5.41) is 0. The number of methoxy groups -OCH3 is 2. The second-order valence-corrected chi connectivity index (χ2v) is 5.43. The van der Waals surface area contributed by atoms with Crippen LogP contribution in [-0.4, -0.2) is 38.5 Å². The van der Waals surface area contributed by atoms with Crippen molar-refractivity contribution < 1.29 is 33.3 Å². The first-order chi connectivity index (χ1) is 12.8. The van der Waals surface area contributed by atoms with Crippen molar-refractivity contribution in [3.63, 3.8) is 0 Å². The Hall–Kier alpha value is -3.55. The van der Waals surface area contributed by atoms with E-state index in [-0.39, 0.29) is 41.0 Å². The quantitative estimate of drug-likeness (QED) is 0.427. The predicted molar refractivity (Wildman–Crippen MR) is 95.6 cm³/mol. The van der Waals surface area contributed by atoms with Gasteiger partial charge in [0.1, 0.15) is 5.75 Å². The predicted octanol–water partition coefficient (Wildman–Crippen LogP) is 1.99. The lowest BCUT2D eigenvalue weighted by Crippen LogP contribution is -2.20. The number of Topliss-reactive ketones (excluding diaryl/α,β-unsaturated/α-hetero) is 1. The summed E-state index contributed by atoms with van der Waals surface area (Å²) in [7, 11) is 2.75. The minimum absolute atomic E-state index is 0.0890. The number of amides is 1. The van der Waals surface area contributed by atoms with Gasteiger partial charge in [-0.3, -0.25) is 9.59 Å². The zero-order chi connectivity index (χ0) is 20.0. The molecule has 0 fully saturated rings. The summed E-state index contributed by atoms with van der Waals surface area (Å²) in [6.45, 7) is 1.07. The van der Waals surface area contributed by atoms with Crippen LogP contribution in [0, 0.1) is 0 Å². The molecular formula is C19H19NO7. The Balaban J connectivity index is 2.27. The molecule has 27 heavy (non-hydrogen) atoms. The maximum absolute atomic E-state index is 12.4. The standard InChI is InChI=1S/C19H19NO7/c1-11(21)12-4-6-14(7-5-12)27-19(23)13-8-15(24-2)18(16(9-13)25-3)26-10-17(20)22/h4-9H,10H2,1-3H3,(H2,20,22). The Morgan fingerprint density at radius 1 is 0.926 bits per heavy atom. The van der Waals surface area contributed by atoms with Crippen molar-refractivity contribution >= 4 is 17.7 Å². The third-order valence-corrected chi connectivity index (χ3v) is 3.53. The lowest BCUT2D eigenvalue weighted by atomic mass is 10.1. The van der Waals surface area contributed by atoms with Crippen LogP contribution in [0.1, 0.15) is 27.6 Å². The summed E-state index contributed by atoms with van der Waals surface area (Å²) in [5.74, 6) is -0.656. The molecule has 8 nitrogen and oxygen atoms in total. The Kier molecular flexibility index (Phi) is 6.37. The number of nitrogens with two attached hydrogens (primary N) is 1. The van der Waals surface area contributed by atoms with E-state index in [1.54, 1.807) is 12.1 Å². The van der Waals surface area contributed by atoms with Crippen molar-refractivity contribution in [2.75, 3.05) is 20.8 Å². The van der Waals surface area contributed by atoms with E-state index in [1.807, 2.05) is 0 Å². The van der Waals surface area contributed by atoms with Gasteiger partial charge in [0.2, 0.25) is 5.75 Å². The lowest BCUT2D eigenvalue weighted by Gasteiger charge is -2.15. The number of carbonyl (C=O) groups excluding carboxylic acids is 3. The molecule has 0 aliphatic heterocycles. The summed E-state index contributed by atoms with van der Waals surface area (Å²) < 4.78 is 21.0. The first-order valence-electron chi connectivity index (χ1n) is 7.86. The zero-order valence-electron chi connectivity index (χ0n) is 15.1. The largest absolute Gasteiger partial charge is 0.493 e. The van der Waals surface area contributed by atoms with Gasteiger partial charge in [-0.2, -0.15) is 0 Å². The summed E-state index contributed by atoms with van der Waals surface area (Å²) in [5.41, 5.74) is 5.73. The first kappa shape index (κ1) is 19.8. The lowest BCUT2D eigenvalue weighted by molar-refractivity contribution is -0.120. The molecule has 0 unspecified atom stereocenters. The Bertz CT molecular complexity index is 834. The maximum atomic E-state index is 12.4. The monoisotopic (exact) mass is 373 g/mol. The molecule has 0 heterocycles. The molecule has 2 N–H and O–H groups in total. The Morgan fingerprint density at radius 3 is 1.93 bits per heavy atom. The third-order valence-electron chi connectivity index (χ3n) is 3.53. The number of esters is 1. The van der Waals surface area contributed by atoms with Gasteiger partial charge in [-0.1, -0.05) is 0 Å². The molecule has 0 saturated carbocycles. The van der Waals surface area contributed by atoms with Gasteiger partial charge < -0.3 is 24.7 Å². The number of primary amides is 1. The van der Waals surface area contributed by atoms with Gasteiger partial charge in [-0.05, 0) is 43.3 Å². The van der Waals surface area contributed by atoms with Crippen LogP contribution in [0.15, 0.2) is 36.4 Å². The Morgan fingerprint density at radius 2 is 1.48 bits per heavy atom. The summed E-state index contributed by atoms with van der Waals surface area (Å²) in [4.78, 5) is 34.7. The minimum Gasteiger partial charge on any atom is -0.493 e. The van der Waals surface area contributed by atoms with Crippen LogP contribution in [0.5, 0.6) is 23.0 Å². The number of carbonyl (C=O) groups is 3. The second kappa shape index (κ2) is 8.70. The van der Waals surface area contributed by atoms with E-state index in [0.717, 1.165) is 0 Å². The normalized spacial score (nSPS) is 10.0. The molecule has 0 bridgehead atoms. The van der Waals surface area contributed by atoms with Crippen molar-refractivity contribution in [2.24, 2.45) is 5.73 Å². The molecule has 0 saturated heterocycles. The molecule has 2 aromatic carbocycles.